The second kappa shape index (κ2) is 6.23. The van der Waals surface area contributed by atoms with Gasteiger partial charge in [-0.2, -0.15) is 0 Å². The first kappa shape index (κ1) is 15.8. The molecule has 6 heteroatoms. The number of amides is 1. The highest BCUT2D eigenvalue weighted by Crippen LogP contribution is 2.25. The number of hydrogen-bond donors (Lipinski definition) is 1. The number of likely N-dealkylation sites (tertiary alicyclic amines) is 1. The van der Waals surface area contributed by atoms with E-state index in [4.69, 9.17) is 14.6 Å². The van der Waals surface area contributed by atoms with Crippen LogP contribution in [-0.4, -0.2) is 54.0 Å². The Morgan fingerprint density at radius 2 is 2.05 bits per heavy atom. The molecule has 1 heterocycles. The van der Waals surface area contributed by atoms with Crippen LogP contribution in [-0.2, 0) is 14.3 Å². The molecular formula is C13H23NO5. The number of carboxylic acid groups (broad SMARTS) is 1. The van der Waals surface area contributed by atoms with Crippen LogP contribution in [0.2, 0.25) is 0 Å². The number of carbonyl (C=O) groups is 2. The fourth-order valence-corrected chi connectivity index (χ4v) is 2.20. The third-order valence-corrected chi connectivity index (χ3v) is 3.08. The molecule has 1 fully saturated rings. The van der Waals surface area contributed by atoms with E-state index in [1.807, 2.05) is 20.8 Å². The van der Waals surface area contributed by atoms with E-state index in [0.717, 1.165) is 6.42 Å². The van der Waals surface area contributed by atoms with Gasteiger partial charge in [-0.05, 0) is 27.2 Å². The normalized spacial score (nSPS) is 21.3. The Kier molecular flexibility index (Phi) is 5.17. The summed E-state index contributed by atoms with van der Waals surface area (Å²) in [4.78, 5) is 24.2. The van der Waals surface area contributed by atoms with Gasteiger partial charge < -0.3 is 19.5 Å². The first-order valence-electron chi connectivity index (χ1n) is 6.45. The Balaban J connectivity index is 2.52. The zero-order valence-corrected chi connectivity index (χ0v) is 12.0. The van der Waals surface area contributed by atoms with Gasteiger partial charge >= 0.3 is 12.1 Å². The SMILES string of the molecule is COC(CC(=O)O)C1CCN(C(=O)OC(C)(C)C)C1. The van der Waals surface area contributed by atoms with Gasteiger partial charge in [0, 0.05) is 26.1 Å². The standard InChI is InChI=1S/C13H23NO5/c1-13(2,3)19-12(17)14-6-5-9(8-14)10(18-4)7-11(15)16/h9-10H,5-8H2,1-4H3,(H,15,16). The molecule has 1 amide bonds. The summed E-state index contributed by atoms with van der Waals surface area (Å²) < 4.78 is 10.5. The van der Waals surface area contributed by atoms with E-state index in [9.17, 15) is 9.59 Å². The van der Waals surface area contributed by atoms with Crippen LogP contribution in [0.5, 0.6) is 0 Å². The molecular weight excluding hydrogens is 250 g/mol. The number of methoxy groups -OCH3 is 1. The highest BCUT2D eigenvalue weighted by atomic mass is 16.6. The number of carbonyl (C=O) groups excluding carboxylic acids is 1. The van der Waals surface area contributed by atoms with Crippen molar-refractivity contribution >= 4 is 12.1 Å². The maximum absolute atomic E-state index is 11.9. The summed E-state index contributed by atoms with van der Waals surface area (Å²) in [6.07, 6.45) is -0.000865. The summed E-state index contributed by atoms with van der Waals surface area (Å²) in [5.74, 6) is -0.837. The van der Waals surface area contributed by atoms with E-state index >= 15 is 0 Å². The molecule has 0 aromatic carbocycles. The third-order valence-electron chi connectivity index (χ3n) is 3.08. The van der Waals surface area contributed by atoms with Crippen LogP contribution in [0, 0.1) is 5.92 Å². The number of hydrogen-bond acceptors (Lipinski definition) is 4. The molecule has 1 saturated heterocycles. The molecule has 19 heavy (non-hydrogen) atoms. The quantitative estimate of drug-likeness (QED) is 0.844. The van der Waals surface area contributed by atoms with E-state index < -0.39 is 11.6 Å². The van der Waals surface area contributed by atoms with Crippen molar-refractivity contribution in [3.8, 4) is 0 Å². The number of carboxylic acids is 1. The Labute approximate surface area is 113 Å². The molecule has 6 nitrogen and oxygen atoms in total. The van der Waals surface area contributed by atoms with Crippen molar-refractivity contribution in [3.63, 3.8) is 0 Å². The van der Waals surface area contributed by atoms with Gasteiger partial charge in [-0.25, -0.2) is 4.79 Å². The molecule has 0 spiro atoms. The summed E-state index contributed by atoms with van der Waals surface area (Å²) in [7, 11) is 1.50. The largest absolute Gasteiger partial charge is 0.481 e. The van der Waals surface area contributed by atoms with Gasteiger partial charge in [-0.1, -0.05) is 0 Å². The van der Waals surface area contributed by atoms with Crippen LogP contribution >= 0.6 is 0 Å². The van der Waals surface area contributed by atoms with Gasteiger partial charge in [0.05, 0.1) is 12.5 Å². The minimum atomic E-state index is -0.887. The second-order valence-electron chi connectivity index (χ2n) is 5.85. The number of aliphatic carboxylic acids is 1. The number of rotatable bonds is 4. The zero-order valence-electron chi connectivity index (χ0n) is 12.0. The van der Waals surface area contributed by atoms with Crippen LogP contribution in [0.15, 0.2) is 0 Å². The topological polar surface area (TPSA) is 76.1 Å². The molecule has 0 aliphatic carbocycles. The van der Waals surface area contributed by atoms with E-state index in [0.29, 0.717) is 13.1 Å². The molecule has 1 N–H and O–H groups in total. The van der Waals surface area contributed by atoms with Crippen LogP contribution in [0.4, 0.5) is 4.79 Å². The molecule has 0 radical (unpaired) electrons. The number of ether oxygens (including phenoxy) is 2. The maximum atomic E-state index is 11.9. The predicted molar refractivity (Wildman–Crippen MR) is 69.0 cm³/mol. The van der Waals surface area contributed by atoms with Gasteiger partial charge in [-0.3, -0.25) is 4.79 Å². The highest BCUT2D eigenvalue weighted by molar-refractivity contribution is 5.69. The fraction of sp³-hybridized carbons (Fsp3) is 0.846. The minimum Gasteiger partial charge on any atom is -0.481 e. The Morgan fingerprint density at radius 1 is 1.42 bits per heavy atom. The molecule has 0 bridgehead atoms. The number of nitrogens with zero attached hydrogens (tertiary/aromatic N) is 1. The van der Waals surface area contributed by atoms with E-state index in [1.165, 1.54) is 7.11 Å². The van der Waals surface area contributed by atoms with Crippen molar-refractivity contribution in [2.45, 2.75) is 45.3 Å². The lowest BCUT2D eigenvalue weighted by molar-refractivity contribution is -0.140. The van der Waals surface area contributed by atoms with Crippen molar-refractivity contribution < 1.29 is 24.2 Å². The lowest BCUT2D eigenvalue weighted by Gasteiger charge is -2.25. The zero-order chi connectivity index (χ0) is 14.6. The summed E-state index contributed by atoms with van der Waals surface area (Å²) in [6.45, 7) is 6.53. The average Bonchev–Trinajstić information content (AvgIpc) is 2.72. The van der Waals surface area contributed by atoms with E-state index in [-0.39, 0.29) is 24.5 Å². The molecule has 0 aromatic rings. The van der Waals surface area contributed by atoms with Crippen LogP contribution in [0.25, 0.3) is 0 Å². The molecule has 110 valence electrons. The monoisotopic (exact) mass is 273 g/mol. The second-order valence-corrected chi connectivity index (χ2v) is 5.85. The molecule has 1 aliphatic heterocycles. The Hall–Kier alpha value is -1.30. The van der Waals surface area contributed by atoms with Gasteiger partial charge in [0.1, 0.15) is 5.60 Å². The summed E-state index contributed by atoms with van der Waals surface area (Å²) >= 11 is 0. The van der Waals surface area contributed by atoms with Gasteiger partial charge in [0.15, 0.2) is 0 Å². The first-order valence-corrected chi connectivity index (χ1v) is 6.45. The first-order chi connectivity index (χ1) is 8.73. The van der Waals surface area contributed by atoms with Crippen molar-refractivity contribution in [3.05, 3.63) is 0 Å². The van der Waals surface area contributed by atoms with Gasteiger partial charge in [-0.15, -0.1) is 0 Å². The summed E-state index contributed by atoms with van der Waals surface area (Å²) in [5, 5.41) is 8.82. The summed E-state index contributed by atoms with van der Waals surface area (Å²) in [6, 6.07) is 0. The lowest BCUT2D eigenvalue weighted by Crippen LogP contribution is -2.36. The van der Waals surface area contributed by atoms with Gasteiger partial charge in [0.25, 0.3) is 0 Å². The van der Waals surface area contributed by atoms with Crippen LogP contribution < -0.4 is 0 Å². The van der Waals surface area contributed by atoms with Crippen LogP contribution in [0.3, 0.4) is 0 Å². The van der Waals surface area contributed by atoms with Crippen molar-refractivity contribution in [2.24, 2.45) is 5.92 Å². The molecule has 1 aliphatic rings. The molecule has 2 atom stereocenters. The van der Waals surface area contributed by atoms with E-state index in [2.05, 4.69) is 0 Å². The lowest BCUT2D eigenvalue weighted by atomic mass is 9.99. The van der Waals surface area contributed by atoms with Crippen molar-refractivity contribution in [1.82, 2.24) is 4.90 Å². The average molecular weight is 273 g/mol. The Bertz CT molecular complexity index is 336. The van der Waals surface area contributed by atoms with Crippen LogP contribution in [0.1, 0.15) is 33.6 Å². The minimum absolute atomic E-state index is 0.0384. The van der Waals surface area contributed by atoms with Crippen molar-refractivity contribution in [1.29, 1.82) is 0 Å². The molecule has 0 aromatic heterocycles. The predicted octanol–water partition coefficient (Wildman–Crippen LogP) is 1.73. The molecule has 1 rings (SSSR count). The molecule has 0 saturated carbocycles. The van der Waals surface area contributed by atoms with Gasteiger partial charge in [0.2, 0.25) is 0 Å². The molecule has 2 unspecified atom stereocenters. The maximum Gasteiger partial charge on any atom is 0.410 e. The smallest absolute Gasteiger partial charge is 0.410 e. The summed E-state index contributed by atoms with van der Waals surface area (Å²) in [5.41, 5.74) is -0.517. The third kappa shape index (κ3) is 5.06. The van der Waals surface area contributed by atoms with Crippen molar-refractivity contribution in [2.75, 3.05) is 20.2 Å². The fourth-order valence-electron chi connectivity index (χ4n) is 2.20. The highest BCUT2D eigenvalue weighted by Gasteiger charge is 2.34. The van der Waals surface area contributed by atoms with E-state index in [1.54, 1.807) is 4.90 Å². The Morgan fingerprint density at radius 3 is 2.53 bits per heavy atom.